The number of hydrogen-bond donors (Lipinski definition) is 1. The Morgan fingerprint density at radius 1 is 1.29 bits per heavy atom. The van der Waals surface area contributed by atoms with E-state index in [-0.39, 0.29) is 12.1 Å². The van der Waals surface area contributed by atoms with Crippen LogP contribution in [0.3, 0.4) is 0 Å². The highest BCUT2D eigenvalue weighted by Crippen LogP contribution is 2.34. The number of methoxy groups -OCH3 is 2. The zero-order valence-corrected chi connectivity index (χ0v) is 10.5. The molecule has 2 rings (SSSR count). The minimum Gasteiger partial charge on any atom is -0.497 e. The van der Waals surface area contributed by atoms with Crippen LogP contribution in [0.2, 0.25) is 0 Å². The maximum atomic E-state index is 5.82. The van der Waals surface area contributed by atoms with Crippen molar-refractivity contribution in [1.29, 1.82) is 0 Å². The van der Waals surface area contributed by atoms with E-state index in [9.17, 15) is 0 Å². The summed E-state index contributed by atoms with van der Waals surface area (Å²) in [6, 6.07) is 6.06. The molecule has 0 aliphatic carbocycles. The molecule has 4 heteroatoms. The summed E-state index contributed by atoms with van der Waals surface area (Å²) in [4.78, 5) is 0. The molecule has 1 aromatic carbocycles. The van der Waals surface area contributed by atoms with Crippen LogP contribution in [-0.4, -0.2) is 33.4 Å². The third kappa shape index (κ3) is 2.53. The summed E-state index contributed by atoms with van der Waals surface area (Å²) >= 11 is 0. The van der Waals surface area contributed by atoms with E-state index < -0.39 is 0 Å². The summed E-state index contributed by atoms with van der Waals surface area (Å²) in [5, 5.41) is 3.40. The Balaban J connectivity index is 2.33. The van der Waals surface area contributed by atoms with Gasteiger partial charge in [0.25, 0.3) is 0 Å². The molecule has 0 spiro atoms. The third-order valence-electron chi connectivity index (χ3n) is 3.06. The first-order valence-corrected chi connectivity index (χ1v) is 5.83. The molecule has 94 valence electrons. The summed E-state index contributed by atoms with van der Waals surface area (Å²) in [5.41, 5.74) is 1.03. The molecule has 1 aromatic rings. The number of ether oxygens (including phenoxy) is 3. The van der Waals surface area contributed by atoms with Crippen molar-refractivity contribution in [3.63, 3.8) is 0 Å². The zero-order chi connectivity index (χ0) is 12.3. The molecule has 1 N–H and O–H groups in total. The van der Waals surface area contributed by atoms with Gasteiger partial charge < -0.3 is 19.5 Å². The monoisotopic (exact) mass is 237 g/mol. The Morgan fingerprint density at radius 2 is 2.12 bits per heavy atom. The molecule has 1 fully saturated rings. The number of rotatable bonds is 3. The number of hydrogen-bond acceptors (Lipinski definition) is 4. The van der Waals surface area contributed by atoms with Crippen LogP contribution in [0.25, 0.3) is 0 Å². The van der Waals surface area contributed by atoms with Crippen LogP contribution < -0.4 is 14.8 Å². The molecule has 0 aromatic heterocycles. The Kier molecular flexibility index (Phi) is 3.86. The first-order chi connectivity index (χ1) is 8.26. The molecule has 4 nitrogen and oxygen atoms in total. The molecule has 1 saturated heterocycles. The molecule has 0 amide bonds. The van der Waals surface area contributed by atoms with Gasteiger partial charge in [0.15, 0.2) is 0 Å². The van der Waals surface area contributed by atoms with Crippen LogP contribution in [-0.2, 0) is 4.74 Å². The lowest BCUT2D eigenvalue weighted by molar-refractivity contribution is -0.00161. The van der Waals surface area contributed by atoms with Gasteiger partial charge in [-0.05, 0) is 25.1 Å². The lowest BCUT2D eigenvalue weighted by atomic mass is 10.0. The van der Waals surface area contributed by atoms with Gasteiger partial charge in [-0.25, -0.2) is 0 Å². The van der Waals surface area contributed by atoms with Crippen molar-refractivity contribution in [1.82, 2.24) is 5.32 Å². The Hall–Kier alpha value is -1.26. The van der Waals surface area contributed by atoms with Gasteiger partial charge in [0.05, 0.1) is 20.8 Å². The van der Waals surface area contributed by atoms with E-state index in [1.54, 1.807) is 14.2 Å². The van der Waals surface area contributed by atoms with Crippen molar-refractivity contribution < 1.29 is 14.2 Å². The normalized spacial score (nSPS) is 24.4. The van der Waals surface area contributed by atoms with E-state index in [1.807, 2.05) is 18.2 Å². The molecular weight excluding hydrogens is 218 g/mol. The van der Waals surface area contributed by atoms with Crippen LogP contribution in [0.4, 0.5) is 0 Å². The van der Waals surface area contributed by atoms with Crippen LogP contribution >= 0.6 is 0 Å². The third-order valence-corrected chi connectivity index (χ3v) is 3.06. The first kappa shape index (κ1) is 12.2. The van der Waals surface area contributed by atoms with Crippen LogP contribution in [0.15, 0.2) is 18.2 Å². The average molecular weight is 237 g/mol. The van der Waals surface area contributed by atoms with Crippen LogP contribution in [0.1, 0.15) is 18.6 Å². The second kappa shape index (κ2) is 5.38. The van der Waals surface area contributed by atoms with Crippen molar-refractivity contribution in [2.45, 2.75) is 19.1 Å². The maximum absolute atomic E-state index is 5.82. The van der Waals surface area contributed by atoms with E-state index in [2.05, 4.69) is 12.2 Å². The highest BCUT2D eigenvalue weighted by Gasteiger charge is 2.26. The highest BCUT2D eigenvalue weighted by atomic mass is 16.5. The van der Waals surface area contributed by atoms with E-state index in [0.717, 1.165) is 30.2 Å². The fraction of sp³-hybridized carbons (Fsp3) is 0.538. The van der Waals surface area contributed by atoms with Crippen molar-refractivity contribution in [3.8, 4) is 11.5 Å². The summed E-state index contributed by atoms with van der Waals surface area (Å²) in [7, 11) is 3.33. The quantitative estimate of drug-likeness (QED) is 0.869. The Labute approximate surface area is 102 Å². The van der Waals surface area contributed by atoms with E-state index in [0.29, 0.717) is 0 Å². The number of nitrogens with one attached hydrogen (secondary N) is 1. The SMILES string of the molecule is COc1ccc(OC)c(C2OCCNC2C)c1. The standard InChI is InChI=1S/C13H19NO3/c1-9-13(17-7-6-14-9)11-8-10(15-2)4-5-12(11)16-3/h4-5,8-9,13-14H,6-7H2,1-3H3. The van der Waals surface area contributed by atoms with E-state index in [4.69, 9.17) is 14.2 Å². The number of benzene rings is 1. The summed E-state index contributed by atoms with van der Waals surface area (Å²) in [5.74, 6) is 1.66. The topological polar surface area (TPSA) is 39.7 Å². The molecular formula is C13H19NO3. The van der Waals surface area contributed by atoms with E-state index >= 15 is 0 Å². The van der Waals surface area contributed by atoms with Gasteiger partial charge in [-0.3, -0.25) is 0 Å². The van der Waals surface area contributed by atoms with Crippen molar-refractivity contribution in [3.05, 3.63) is 23.8 Å². The molecule has 0 radical (unpaired) electrons. The van der Waals surface area contributed by atoms with Gasteiger partial charge in [0.1, 0.15) is 17.6 Å². The van der Waals surface area contributed by atoms with E-state index in [1.165, 1.54) is 0 Å². The Bertz CT molecular complexity index is 381. The second-order valence-electron chi connectivity index (χ2n) is 4.14. The van der Waals surface area contributed by atoms with Gasteiger partial charge in [0.2, 0.25) is 0 Å². The largest absolute Gasteiger partial charge is 0.497 e. The van der Waals surface area contributed by atoms with Gasteiger partial charge in [-0.1, -0.05) is 0 Å². The Morgan fingerprint density at radius 3 is 2.76 bits per heavy atom. The van der Waals surface area contributed by atoms with Crippen molar-refractivity contribution in [2.75, 3.05) is 27.4 Å². The smallest absolute Gasteiger partial charge is 0.125 e. The first-order valence-electron chi connectivity index (χ1n) is 5.83. The minimum atomic E-state index is 0.00815. The van der Waals surface area contributed by atoms with Gasteiger partial charge in [0, 0.05) is 18.2 Å². The lowest BCUT2D eigenvalue weighted by Gasteiger charge is -2.31. The highest BCUT2D eigenvalue weighted by molar-refractivity contribution is 5.42. The van der Waals surface area contributed by atoms with Crippen LogP contribution in [0, 0.1) is 0 Å². The minimum absolute atomic E-state index is 0.00815. The molecule has 0 saturated carbocycles. The zero-order valence-electron chi connectivity index (χ0n) is 10.5. The average Bonchev–Trinajstić information content (AvgIpc) is 2.38. The number of morpholine rings is 1. The molecule has 1 aliphatic heterocycles. The fourth-order valence-electron chi connectivity index (χ4n) is 2.14. The lowest BCUT2D eigenvalue weighted by Crippen LogP contribution is -2.41. The molecule has 2 atom stereocenters. The molecule has 1 heterocycles. The molecule has 17 heavy (non-hydrogen) atoms. The molecule has 1 aliphatic rings. The van der Waals surface area contributed by atoms with Crippen molar-refractivity contribution in [2.24, 2.45) is 0 Å². The summed E-state index contributed by atoms with van der Waals surface area (Å²) in [6.45, 7) is 3.72. The fourth-order valence-corrected chi connectivity index (χ4v) is 2.14. The summed E-state index contributed by atoms with van der Waals surface area (Å²) < 4.78 is 16.5. The van der Waals surface area contributed by atoms with Crippen molar-refractivity contribution >= 4 is 0 Å². The molecule has 2 unspecified atom stereocenters. The molecule has 0 bridgehead atoms. The maximum Gasteiger partial charge on any atom is 0.125 e. The van der Waals surface area contributed by atoms with Gasteiger partial charge in [-0.2, -0.15) is 0 Å². The predicted octanol–water partition coefficient (Wildman–Crippen LogP) is 1.75. The summed E-state index contributed by atoms with van der Waals surface area (Å²) in [6.07, 6.45) is 0.00815. The van der Waals surface area contributed by atoms with Crippen LogP contribution in [0.5, 0.6) is 11.5 Å². The second-order valence-corrected chi connectivity index (χ2v) is 4.14. The van der Waals surface area contributed by atoms with Gasteiger partial charge in [-0.15, -0.1) is 0 Å². The van der Waals surface area contributed by atoms with Gasteiger partial charge >= 0.3 is 0 Å². The predicted molar refractivity (Wildman–Crippen MR) is 65.7 cm³/mol.